The molecule has 3 rings (SSSR count). The van der Waals surface area contributed by atoms with Gasteiger partial charge in [-0.1, -0.05) is 0 Å². The van der Waals surface area contributed by atoms with Crippen molar-refractivity contribution in [3.05, 3.63) is 17.5 Å². The Morgan fingerprint density at radius 3 is 2.84 bits per heavy atom. The summed E-state index contributed by atoms with van der Waals surface area (Å²) in [6.45, 7) is 6.08. The summed E-state index contributed by atoms with van der Waals surface area (Å²) >= 11 is 0. The number of anilines is 1. The van der Waals surface area contributed by atoms with Gasteiger partial charge in [0, 0.05) is 32.8 Å². The van der Waals surface area contributed by atoms with E-state index in [2.05, 4.69) is 14.9 Å². The van der Waals surface area contributed by atoms with Gasteiger partial charge in [0.2, 0.25) is 11.9 Å². The van der Waals surface area contributed by atoms with Crippen LogP contribution in [0.1, 0.15) is 18.2 Å². The smallest absolute Gasteiger partial charge is 0.225 e. The molecule has 0 aliphatic carbocycles. The van der Waals surface area contributed by atoms with Crippen LogP contribution in [0.25, 0.3) is 0 Å². The third-order valence-electron chi connectivity index (χ3n) is 3.67. The van der Waals surface area contributed by atoms with Crippen molar-refractivity contribution in [2.75, 3.05) is 37.7 Å². The molecule has 6 nitrogen and oxygen atoms in total. The van der Waals surface area contributed by atoms with Gasteiger partial charge in [-0.15, -0.1) is 0 Å². The Balaban J connectivity index is 1.82. The van der Waals surface area contributed by atoms with Crippen LogP contribution in [-0.4, -0.2) is 53.6 Å². The van der Waals surface area contributed by atoms with Gasteiger partial charge in [0.15, 0.2) is 0 Å². The molecule has 0 atom stereocenters. The first-order valence-electron chi connectivity index (χ1n) is 6.67. The molecule has 2 aliphatic rings. The Labute approximate surface area is 112 Å². The van der Waals surface area contributed by atoms with E-state index in [1.54, 1.807) is 6.92 Å². The summed E-state index contributed by atoms with van der Waals surface area (Å²) in [4.78, 5) is 24.5. The van der Waals surface area contributed by atoms with E-state index in [1.165, 1.54) is 0 Å². The molecular weight excluding hydrogens is 244 g/mol. The number of rotatable bonds is 1. The van der Waals surface area contributed by atoms with Crippen molar-refractivity contribution >= 4 is 11.9 Å². The molecule has 19 heavy (non-hydrogen) atoms. The first-order chi connectivity index (χ1) is 9.24. The fourth-order valence-electron chi connectivity index (χ4n) is 2.48. The molecule has 0 saturated carbocycles. The lowest BCUT2D eigenvalue weighted by Gasteiger charge is -2.30. The lowest BCUT2D eigenvalue weighted by atomic mass is 10.1. The zero-order chi connectivity index (χ0) is 13.2. The van der Waals surface area contributed by atoms with Crippen molar-refractivity contribution in [2.24, 2.45) is 0 Å². The van der Waals surface area contributed by atoms with Crippen molar-refractivity contribution in [3.8, 4) is 0 Å². The van der Waals surface area contributed by atoms with Crippen molar-refractivity contribution in [2.45, 2.75) is 19.9 Å². The summed E-state index contributed by atoms with van der Waals surface area (Å²) in [6.07, 6.45) is 2.75. The van der Waals surface area contributed by atoms with Crippen LogP contribution in [0.4, 0.5) is 5.95 Å². The van der Waals surface area contributed by atoms with Gasteiger partial charge < -0.3 is 14.5 Å². The fraction of sp³-hybridized carbons (Fsp3) is 0.615. The summed E-state index contributed by atoms with van der Waals surface area (Å²) in [5, 5.41) is 0. The third kappa shape index (κ3) is 2.53. The Kier molecular flexibility index (Phi) is 3.33. The quantitative estimate of drug-likeness (QED) is 0.724. The fourth-order valence-corrected chi connectivity index (χ4v) is 2.48. The standard InChI is InChI=1S/C13H18N4O2/c1-10(18)17-3-2-11-8-14-13(15-12(11)9-17)16-4-6-19-7-5-16/h8H,2-7,9H2,1H3. The number of morpholine rings is 1. The third-order valence-corrected chi connectivity index (χ3v) is 3.67. The number of carbonyl (C=O) groups excluding carboxylic acids is 1. The van der Waals surface area contributed by atoms with Crippen LogP contribution in [0.15, 0.2) is 6.20 Å². The molecule has 0 spiro atoms. The largest absolute Gasteiger partial charge is 0.378 e. The molecule has 102 valence electrons. The van der Waals surface area contributed by atoms with E-state index in [1.807, 2.05) is 11.1 Å². The van der Waals surface area contributed by atoms with Crippen molar-refractivity contribution in [3.63, 3.8) is 0 Å². The van der Waals surface area contributed by atoms with Gasteiger partial charge in [0.25, 0.3) is 0 Å². The molecule has 6 heteroatoms. The number of ether oxygens (including phenoxy) is 1. The van der Waals surface area contributed by atoms with Gasteiger partial charge in [0.05, 0.1) is 25.5 Å². The number of hydrogen-bond donors (Lipinski definition) is 0. The number of nitrogens with zero attached hydrogens (tertiary/aromatic N) is 4. The van der Waals surface area contributed by atoms with E-state index in [4.69, 9.17) is 4.74 Å². The Morgan fingerprint density at radius 2 is 2.11 bits per heavy atom. The van der Waals surface area contributed by atoms with Crippen molar-refractivity contribution in [1.29, 1.82) is 0 Å². The lowest BCUT2D eigenvalue weighted by Crippen LogP contribution is -2.39. The average Bonchev–Trinajstić information content (AvgIpc) is 2.47. The van der Waals surface area contributed by atoms with E-state index in [-0.39, 0.29) is 5.91 Å². The molecule has 1 aromatic heterocycles. The summed E-state index contributed by atoms with van der Waals surface area (Å²) in [6, 6.07) is 0. The molecule has 0 unspecified atom stereocenters. The zero-order valence-electron chi connectivity index (χ0n) is 11.1. The zero-order valence-corrected chi connectivity index (χ0v) is 11.1. The first kappa shape index (κ1) is 12.3. The number of fused-ring (bicyclic) bond motifs is 1. The molecule has 1 amide bonds. The summed E-state index contributed by atoms with van der Waals surface area (Å²) < 4.78 is 5.33. The van der Waals surface area contributed by atoms with E-state index >= 15 is 0 Å². The maximum Gasteiger partial charge on any atom is 0.225 e. The number of amides is 1. The van der Waals surface area contributed by atoms with Crippen LogP contribution >= 0.6 is 0 Å². The Hall–Kier alpha value is -1.69. The number of carbonyl (C=O) groups is 1. The van der Waals surface area contributed by atoms with Crippen LogP contribution in [0.2, 0.25) is 0 Å². The van der Waals surface area contributed by atoms with Gasteiger partial charge >= 0.3 is 0 Å². The number of hydrogen-bond acceptors (Lipinski definition) is 5. The minimum Gasteiger partial charge on any atom is -0.378 e. The molecular formula is C13H18N4O2. The van der Waals surface area contributed by atoms with Gasteiger partial charge in [-0.3, -0.25) is 4.79 Å². The van der Waals surface area contributed by atoms with Crippen molar-refractivity contribution < 1.29 is 9.53 Å². The molecule has 2 aliphatic heterocycles. The Morgan fingerprint density at radius 1 is 1.32 bits per heavy atom. The maximum atomic E-state index is 11.5. The average molecular weight is 262 g/mol. The van der Waals surface area contributed by atoms with E-state index in [0.29, 0.717) is 6.54 Å². The number of aromatic nitrogens is 2. The molecule has 1 fully saturated rings. The second kappa shape index (κ2) is 5.13. The molecule has 3 heterocycles. The second-order valence-corrected chi connectivity index (χ2v) is 4.93. The summed E-state index contributed by atoms with van der Waals surface area (Å²) in [7, 11) is 0. The van der Waals surface area contributed by atoms with Crippen LogP contribution < -0.4 is 4.90 Å². The highest BCUT2D eigenvalue weighted by atomic mass is 16.5. The van der Waals surface area contributed by atoms with E-state index < -0.39 is 0 Å². The van der Waals surface area contributed by atoms with E-state index in [9.17, 15) is 4.79 Å². The lowest BCUT2D eigenvalue weighted by molar-refractivity contribution is -0.129. The van der Waals surface area contributed by atoms with Crippen LogP contribution in [0.5, 0.6) is 0 Å². The van der Waals surface area contributed by atoms with Crippen LogP contribution in [0.3, 0.4) is 0 Å². The SMILES string of the molecule is CC(=O)N1CCc2cnc(N3CCOCC3)nc2C1. The molecule has 1 saturated heterocycles. The normalized spacial score (nSPS) is 19.2. The molecule has 0 bridgehead atoms. The monoisotopic (exact) mass is 262 g/mol. The van der Waals surface area contributed by atoms with Gasteiger partial charge in [-0.2, -0.15) is 0 Å². The van der Waals surface area contributed by atoms with Gasteiger partial charge in [0.1, 0.15) is 0 Å². The summed E-state index contributed by atoms with van der Waals surface area (Å²) in [5.74, 6) is 0.865. The molecule has 0 N–H and O–H groups in total. The summed E-state index contributed by atoms with van der Waals surface area (Å²) in [5.41, 5.74) is 2.15. The molecule has 1 aromatic rings. The van der Waals surface area contributed by atoms with Crippen LogP contribution in [0, 0.1) is 0 Å². The van der Waals surface area contributed by atoms with E-state index in [0.717, 1.165) is 56.5 Å². The van der Waals surface area contributed by atoms with Gasteiger partial charge in [-0.25, -0.2) is 9.97 Å². The highest BCUT2D eigenvalue weighted by Gasteiger charge is 2.22. The topological polar surface area (TPSA) is 58.6 Å². The van der Waals surface area contributed by atoms with Crippen molar-refractivity contribution in [1.82, 2.24) is 14.9 Å². The second-order valence-electron chi connectivity index (χ2n) is 4.93. The maximum absolute atomic E-state index is 11.5. The molecule has 0 radical (unpaired) electrons. The van der Waals surface area contributed by atoms with Crippen LogP contribution in [-0.2, 0) is 22.5 Å². The predicted molar refractivity (Wildman–Crippen MR) is 69.9 cm³/mol. The minimum atomic E-state index is 0.109. The highest BCUT2D eigenvalue weighted by Crippen LogP contribution is 2.19. The minimum absolute atomic E-state index is 0.109. The predicted octanol–water partition coefficient (Wildman–Crippen LogP) is 0.218. The Bertz CT molecular complexity index is 486. The first-order valence-corrected chi connectivity index (χ1v) is 6.67. The highest BCUT2D eigenvalue weighted by molar-refractivity contribution is 5.73. The van der Waals surface area contributed by atoms with Gasteiger partial charge in [-0.05, 0) is 12.0 Å². The molecule has 0 aromatic carbocycles.